The lowest BCUT2D eigenvalue weighted by atomic mass is 10.4. The molecule has 0 amide bonds. The zero-order valence-corrected chi connectivity index (χ0v) is 10.8. The molecule has 2 N–H and O–H groups in total. The maximum Gasteiger partial charge on any atom is 0.233 e. The molecule has 1 aromatic heterocycles. The van der Waals surface area contributed by atoms with Crippen LogP contribution in [0, 0.1) is 0 Å². The average molecular weight is 290 g/mol. The van der Waals surface area contributed by atoms with Crippen LogP contribution in [0.3, 0.4) is 0 Å². The lowest BCUT2D eigenvalue weighted by molar-refractivity contribution is 0.228. The Morgan fingerprint density at radius 3 is 3.00 bits per heavy atom. The third-order valence-corrected chi connectivity index (χ3v) is 2.56. The highest BCUT2D eigenvalue weighted by Crippen LogP contribution is 2.28. The van der Waals surface area contributed by atoms with Crippen LogP contribution in [0.25, 0.3) is 0 Å². The number of halogens is 1. The van der Waals surface area contributed by atoms with Gasteiger partial charge < -0.3 is 15.2 Å². The maximum absolute atomic E-state index is 8.65. The molecule has 0 aliphatic heterocycles. The molecular weight excluding hydrogens is 274 g/mol. The monoisotopic (exact) mass is 289 g/mol. The van der Waals surface area contributed by atoms with E-state index < -0.39 is 0 Å². The Balaban J connectivity index is 2.62. The van der Waals surface area contributed by atoms with Gasteiger partial charge in [-0.2, -0.15) is 0 Å². The molecule has 90 valence electrons. The summed E-state index contributed by atoms with van der Waals surface area (Å²) in [5.41, 5.74) is 0. The van der Waals surface area contributed by atoms with Crippen molar-refractivity contribution in [1.29, 1.82) is 0 Å². The van der Waals surface area contributed by atoms with Crippen LogP contribution in [-0.4, -0.2) is 34.8 Å². The van der Waals surface area contributed by atoms with Crippen LogP contribution in [0.2, 0.25) is 0 Å². The third kappa shape index (κ3) is 3.94. The minimum atomic E-state index is 0.115. The fourth-order valence-corrected chi connectivity index (χ4v) is 1.51. The van der Waals surface area contributed by atoms with Crippen LogP contribution >= 0.6 is 15.9 Å². The minimum absolute atomic E-state index is 0.115. The van der Waals surface area contributed by atoms with Crippen LogP contribution in [0.5, 0.6) is 5.88 Å². The van der Waals surface area contributed by atoms with Gasteiger partial charge in [0.05, 0.1) is 6.61 Å². The smallest absolute Gasteiger partial charge is 0.233 e. The largest absolute Gasteiger partial charge is 0.477 e. The molecule has 0 radical (unpaired) electrons. The Hall–Kier alpha value is -0.880. The fourth-order valence-electron chi connectivity index (χ4n) is 1.05. The van der Waals surface area contributed by atoms with Gasteiger partial charge >= 0.3 is 0 Å². The van der Waals surface area contributed by atoms with Gasteiger partial charge in [0.15, 0.2) is 0 Å². The van der Waals surface area contributed by atoms with Gasteiger partial charge in [-0.15, -0.1) is 0 Å². The summed E-state index contributed by atoms with van der Waals surface area (Å²) in [6.07, 6.45) is 3.07. The minimum Gasteiger partial charge on any atom is -0.477 e. The number of nitrogens with one attached hydrogen (secondary N) is 1. The molecule has 1 aromatic rings. The molecule has 5 nitrogen and oxygen atoms in total. The van der Waals surface area contributed by atoms with E-state index in [1.165, 1.54) is 6.33 Å². The first kappa shape index (κ1) is 13.2. The van der Waals surface area contributed by atoms with Gasteiger partial charge in [0.25, 0.3) is 0 Å². The first-order valence-corrected chi connectivity index (χ1v) is 6.07. The normalized spacial score (nSPS) is 10.2. The standard InChI is InChI=1S/C10H16BrN3O2/c1-2-4-12-9-8(11)10(14-7-13-9)16-6-3-5-15/h7,15H,2-6H2,1H3,(H,12,13,14). The Kier molecular flexibility index (Phi) is 6.10. The third-order valence-electron chi connectivity index (χ3n) is 1.84. The molecule has 0 spiro atoms. The van der Waals surface area contributed by atoms with Gasteiger partial charge in [-0.3, -0.25) is 0 Å². The van der Waals surface area contributed by atoms with E-state index in [9.17, 15) is 0 Å². The number of aliphatic hydroxyl groups excluding tert-OH is 1. The number of hydrogen-bond acceptors (Lipinski definition) is 5. The second-order valence-electron chi connectivity index (χ2n) is 3.19. The van der Waals surface area contributed by atoms with E-state index in [1.54, 1.807) is 0 Å². The number of nitrogens with zero attached hydrogens (tertiary/aromatic N) is 2. The summed E-state index contributed by atoms with van der Waals surface area (Å²) in [4.78, 5) is 8.12. The summed E-state index contributed by atoms with van der Waals surface area (Å²) in [5.74, 6) is 1.23. The van der Waals surface area contributed by atoms with E-state index in [0.29, 0.717) is 18.9 Å². The van der Waals surface area contributed by atoms with Crippen molar-refractivity contribution >= 4 is 21.7 Å². The predicted molar refractivity (Wildman–Crippen MR) is 65.7 cm³/mol. The lowest BCUT2D eigenvalue weighted by Crippen LogP contribution is -2.06. The number of anilines is 1. The van der Waals surface area contributed by atoms with Crippen LogP contribution < -0.4 is 10.1 Å². The first-order chi connectivity index (χ1) is 7.79. The molecule has 0 saturated carbocycles. The predicted octanol–water partition coefficient (Wildman–Crippen LogP) is 1.82. The summed E-state index contributed by atoms with van der Waals surface area (Å²) in [5, 5.41) is 11.8. The van der Waals surface area contributed by atoms with Crippen LogP contribution in [0.15, 0.2) is 10.8 Å². The molecule has 0 atom stereocenters. The summed E-state index contributed by atoms with van der Waals surface area (Å²) < 4.78 is 6.12. The van der Waals surface area contributed by atoms with Gasteiger partial charge in [-0.25, -0.2) is 9.97 Å². The Bertz CT molecular complexity index is 323. The molecule has 1 heterocycles. The first-order valence-electron chi connectivity index (χ1n) is 5.27. The van der Waals surface area contributed by atoms with Crippen molar-refractivity contribution in [2.45, 2.75) is 19.8 Å². The van der Waals surface area contributed by atoms with E-state index >= 15 is 0 Å². The van der Waals surface area contributed by atoms with E-state index in [0.717, 1.165) is 23.3 Å². The number of ether oxygens (including phenoxy) is 1. The molecule has 1 rings (SSSR count). The lowest BCUT2D eigenvalue weighted by Gasteiger charge is -2.10. The Morgan fingerprint density at radius 2 is 2.31 bits per heavy atom. The van der Waals surface area contributed by atoms with Gasteiger partial charge in [-0.05, 0) is 22.4 Å². The fraction of sp³-hybridized carbons (Fsp3) is 0.600. The highest BCUT2D eigenvalue weighted by Gasteiger charge is 2.08. The maximum atomic E-state index is 8.65. The number of aromatic nitrogens is 2. The quantitative estimate of drug-likeness (QED) is 0.750. The van der Waals surface area contributed by atoms with E-state index in [1.807, 2.05) is 0 Å². The van der Waals surface area contributed by atoms with Gasteiger partial charge in [0, 0.05) is 19.6 Å². The molecule has 0 saturated heterocycles. The van der Waals surface area contributed by atoms with E-state index in [4.69, 9.17) is 9.84 Å². The van der Waals surface area contributed by atoms with Gasteiger partial charge in [0.1, 0.15) is 16.6 Å². The van der Waals surface area contributed by atoms with Crippen LogP contribution in [-0.2, 0) is 0 Å². The topological polar surface area (TPSA) is 67.3 Å². The number of aliphatic hydroxyl groups is 1. The Labute approximate surface area is 103 Å². The summed E-state index contributed by atoms with van der Waals surface area (Å²) in [7, 11) is 0. The van der Waals surface area contributed by atoms with Gasteiger partial charge in [-0.1, -0.05) is 6.92 Å². The van der Waals surface area contributed by atoms with E-state index in [2.05, 4.69) is 38.1 Å². The molecular formula is C10H16BrN3O2. The van der Waals surface area contributed by atoms with E-state index in [-0.39, 0.29) is 6.61 Å². The zero-order valence-electron chi connectivity index (χ0n) is 9.24. The summed E-state index contributed by atoms with van der Waals surface area (Å²) >= 11 is 3.39. The Morgan fingerprint density at radius 1 is 1.50 bits per heavy atom. The second-order valence-corrected chi connectivity index (χ2v) is 3.99. The van der Waals surface area contributed by atoms with Crippen molar-refractivity contribution in [3.8, 4) is 5.88 Å². The van der Waals surface area contributed by atoms with Crippen molar-refractivity contribution in [3.05, 3.63) is 10.8 Å². The van der Waals surface area contributed by atoms with Crippen LogP contribution in [0.4, 0.5) is 5.82 Å². The molecule has 0 bridgehead atoms. The molecule has 0 fully saturated rings. The van der Waals surface area contributed by atoms with Crippen molar-refractivity contribution in [3.63, 3.8) is 0 Å². The second kappa shape index (κ2) is 7.40. The number of rotatable bonds is 7. The van der Waals surface area contributed by atoms with Crippen LogP contribution in [0.1, 0.15) is 19.8 Å². The molecule has 0 aliphatic carbocycles. The average Bonchev–Trinajstić information content (AvgIpc) is 2.30. The van der Waals surface area contributed by atoms with Gasteiger partial charge in [0.2, 0.25) is 5.88 Å². The molecule has 6 heteroatoms. The number of hydrogen-bond donors (Lipinski definition) is 2. The zero-order chi connectivity index (χ0) is 11.8. The molecule has 16 heavy (non-hydrogen) atoms. The highest BCUT2D eigenvalue weighted by atomic mass is 79.9. The summed E-state index contributed by atoms with van der Waals surface area (Å²) in [6, 6.07) is 0. The van der Waals surface area contributed by atoms with Crippen molar-refractivity contribution in [2.24, 2.45) is 0 Å². The molecule has 0 aromatic carbocycles. The highest BCUT2D eigenvalue weighted by molar-refractivity contribution is 9.10. The SMILES string of the molecule is CCCNc1ncnc(OCCCO)c1Br. The summed E-state index contributed by atoms with van der Waals surface area (Å²) in [6.45, 7) is 3.50. The molecule has 0 unspecified atom stereocenters. The van der Waals surface area contributed by atoms with Crippen molar-refractivity contribution < 1.29 is 9.84 Å². The van der Waals surface area contributed by atoms with Crippen molar-refractivity contribution in [1.82, 2.24) is 9.97 Å². The molecule has 0 aliphatic rings. The van der Waals surface area contributed by atoms with Crippen molar-refractivity contribution in [2.75, 3.05) is 25.1 Å².